The topological polar surface area (TPSA) is 64.0 Å². The van der Waals surface area contributed by atoms with Gasteiger partial charge in [-0.15, -0.1) is 11.3 Å². The van der Waals surface area contributed by atoms with Crippen molar-refractivity contribution in [3.63, 3.8) is 0 Å². The molecular weight excluding hydrogens is 298 g/mol. The van der Waals surface area contributed by atoms with Crippen molar-refractivity contribution in [1.82, 2.24) is 14.9 Å². The summed E-state index contributed by atoms with van der Waals surface area (Å²) in [7, 11) is 1.68. The fourth-order valence-electron chi connectivity index (χ4n) is 3.10. The summed E-state index contributed by atoms with van der Waals surface area (Å²) in [4.78, 5) is 30.3. The lowest BCUT2D eigenvalue weighted by molar-refractivity contribution is 0.0937. The third kappa shape index (κ3) is 2.79. The van der Waals surface area contributed by atoms with E-state index in [1.807, 2.05) is 6.92 Å². The van der Waals surface area contributed by atoms with Crippen LogP contribution >= 0.6 is 11.3 Å². The molecule has 0 saturated heterocycles. The van der Waals surface area contributed by atoms with E-state index in [-0.39, 0.29) is 17.5 Å². The van der Waals surface area contributed by atoms with E-state index in [9.17, 15) is 9.59 Å². The first-order chi connectivity index (χ1) is 10.6. The number of nitrogens with one attached hydrogen (secondary N) is 1. The van der Waals surface area contributed by atoms with Crippen LogP contribution in [0.1, 0.15) is 53.8 Å². The van der Waals surface area contributed by atoms with Crippen molar-refractivity contribution < 1.29 is 4.79 Å². The van der Waals surface area contributed by atoms with Crippen molar-refractivity contribution in [2.45, 2.75) is 51.5 Å². The highest BCUT2D eigenvalue weighted by molar-refractivity contribution is 7.20. The van der Waals surface area contributed by atoms with E-state index in [1.54, 1.807) is 7.05 Å². The van der Waals surface area contributed by atoms with Gasteiger partial charge in [-0.3, -0.25) is 9.59 Å². The van der Waals surface area contributed by atoms with Gasteiger partial charge >= 0.3 is 0 Å². The number of rotatable bonds is 2. The van der Waals surface area contributed by atoms with Crippen LogP contribution in [0.5, 0.6) is 0 Å². The SMILES string of the molecule is Cc1c(C(=O)NC2CCCCCC2)sc2ncn(C)c(=O)c12. The van der Waals surface area contributed by atoms with Gasteiger partial charge in [0.15, 0.2) is 0 Å². The van der Waals surface area contributed by atoms with Crippen LogP contribution in [0.4, 0.5) is 0 Å². The summed E-state index contributed by atoms with van der Waals surface area (Å²) in [6, 6.07) is 0.260. The van der Waals surface area contributed by atoms with Crippen LogP contribution in [-0.2, 0) is 7.05 Å². The molecule has 3 rings (SSSR count). The predicted molar refractivity (Wildman–Crippen MR) is 88.6 cm³/mol. The first-order valence-corrected chi connectivity index (χ1v) is 8.65. The molecule has 0 unspecified atom stereocenters. The number of nitrogens with zero attached hydrogens (tertiary/aromatic N) is 2. The Hall–Kier alpha value is -1.69. The Labute approximate surface area is 133 Å². The zero-order valence-electron chi connectivity index (χ0n) is 13.0. The van der Waals surface area contributed by atoms with E-state index >= 15 is 0 Å². The molecule has 22 heavy (non-hydrogen) atoms. The van der Waals surface area contributed by atoms with Crippen LogP contribution in [0.25, 0.3) is 10.2 Å². The van der Waals surface area contributed by atoms with Gasteiger partial charge < -0.3 is 9.88 Å². The van der Waals surface area contributed by atoms with Gasteiger partial charge in [-0.05, 0) is 25.3 Å². The Balaban J connectivity index is 1.89. The van der Waals surface area contributed by atoms with Crippen LogP contribution in [0.15, 0.2) is 11.1 Å². The zero-order chi connectivity index (χ0) is 15.7. The molecule has 0 aromatic carbocycles. The van der Waals surface area contributed by atoms with Gasteiger partial charge in [-0.25, -0.2) is 4.98 Å². The average molecular weight is 319 g/mol. The Bertz CT molecular complexity index is 755. The van der Waals surface area contributed by atoms with Crippen LogP contribution in [0.3, 0.4) is 0 Å². The predicted octanol–water partition coefficient (Wildman–Crippen LogP) is 2.76. The number of carbonyl (C=O) groups excluding carboxylic acids is 1. The fraction of sp³-hybridized carbons (Fsp3) is 0.562. The van der Waals surface area contributed by atoms with E-state index in [2.05, 4.69) is 10.3 Å². The summed E-state index contributed by atoms with van der Waals surface area (Å²) in [5, 5.41) is 3.72. The number of hydrogen-bond donors (Lipinski definition) is 1. The second-order valence-electron chi connectivity index (χ2n) is 6.06. The van der Waals surface area contributed by atoms with Gasteiger partial charge in [0.25, 0.3) is 11.5 Å². The van der Waals surface area contributed by atoms with Crippen molar-refractivity contribution in [2.24, 2.45) is 7.05 Å². The Morgan fingerprint density at radius 1 is 1.32 bits per heavy atom. The van der Waals surface area contributed by atoms with E-state index in [1.165, 1.54) is 47.9 Å². The molecule has 1 aliphatic rings. The monoisotopic (exact) mass is 319 g/mol. The average Bonchev–Trinajstić information content (AvgIpc) is 2.67. The third-order valence-electron chi connectivity index (χ3n) is 4.41. The maximum absolute atomic E-state index is 12.6. The highest BCUT2D eigenvalue weighted by atomic mass is 32.1. The lowest BCUT2D eigenvalue weighted by Gasteiger charge is -2.15. The van der Waals surface area contributed by atoms with Crippen LogP contribution in [0, 0.1) is 6.92 Å². The number of aryl methyl sites for hydroxylation is 2. The molecule has 2 aromatic heterocycles. The molecule has 1 amide bonds. The minimum absolute atomic E-state index is 0.0607. The quantitative estimate of drug-likeness (QED) is 0.866. The lowest BCUT2D eigenvalue weighted by atomic mass is 10.1. The van der Waals surface area contributed by atoms with E-state index in [0.717, 1.165) is 18.4 Å². The van der Waals surface area contributed by atoms with Crippen LogP contribution in [-0.4, -0.2) is 21.5 Å². The number of thiophene rings is 1. The van der Waals surface area contributed by atoms with Crippen LogP contribution < -0.4 is 10.9 Å². The molecule has 0 atom stereocenters. The molecule has 0 radical (unpaired) electrons. The molecule has 6 heteroatoms. The second kappa shape index (κ2) is 6.20. The maximum Gasteiger partial charge on any atom is 0.262 e. The Kier molecular flexibility index (Phi) is 4.29. The largest absolute Gasteiger partial charge is 0.349 e. The van der Waals surface area contributed by atoms with E-state index < -0.39 is 0 Å². The molecule has 1 fully saturated rings. The first kappa shape index (κ1) is 15.2. The Morgan fingerprint density at radius 3 is 2.68 bits per heavy atom. The molecule has 0 bridgehead atoms. The van der Waals surface area contributed by atoms with Crippen molar-refractivity contribution in [3.05, 3.63) is 27.1 Å². The summed E-state index contributed by atoms with van der Waals surface area (Å²) < 4.78 is 1.45. The highest BCUT2D eigenvalue weighted by Crippen LogP contribution is 2.27. The minimum Gasteiger partial charge on any atom is -0.349 e. The van der Waals surface area contributed by atoms with E-state index in [0.29, 0.717) is 15.1 Å². The molecule has 118 valence electrons. The third-order valence-corrected chi connectivity index (χ3v) is 5.61. The number of hydrogen-bond acceptors (Lipinski definition) is 4. The van der Waals surface area contributed by atoms with Crippen molar-refractivity contribution in [3.8, 4) is 0 Å². The maximum atomic E-state index is 12.6. The van der Waals surface area contributed by atoms with Gasteiger partial charge in [-0.1, -0.05) is 25.7 Å². The van der Waals surface area contributed by atoms with Gasteiger partial charge in [0, 0.05) is 13.1 Å². The zero-order valence-corrected chi connectivity index (χ0v) is 13.8. The number of aromatic nitrogens is 2. The number of fused-ring (bicyclic) bond motifs is 1. The molecule has 1 N–H and O–H groups in total. The minimum atomic E-state index is -0.0905. The second-order valence-corrected chi connectivity index (χ2v) is 7.06. The molecule has 2 aromatic rings. The van der Waals surface area contributed by atoms with Crippen molar-refractivity contribution >= 4 is 27.5 Å². The standard InChI is InChI=1S/C16H21N3O2S/c1-10-12-15(17-9-19(2)16(12)21)22-13(10)14(20)18-11-7-5-3-4-6-8-11/h9,11H,3-8H2,1-2H3,(H,18,20). The van der Waals surface area contributed by atoms with Crippen molar-refractivity contribution in [1.29, 1.82) is 0 Å². The molecular formula is C16H21N3O2S. The van der Waals surface area contributed by atoms with Gasteiger partial charge in [-0.2, -0.15) is 0 Å². The van der Waals surface area contributed by atoms with Gasteiger partial charge in [0.2, 0.25) is 0 Å². The first-order valence-electron chi connectivity index (χ1n) is 7.83. The van der Waals surface area contributed by atoms with Crippen molar-refractivity contribution in [2.75, 3.05) is 0 Å². The molecule has 1 aliphatic carbocycles. The van der Waals surface area contributed by atoms with Gasteiger partial charge in [0.1, 0.15) is 4.83 Å². The number of carbonyl (C=O) groups is 1. The van der Waals surface area contributed by atoms with Gasteiger partial charge in [0.05, 0.1) is 16.6 Å². The number of amides is 1. The molecule has 5 nitrogen and oxygen atoms in total. The molecule has 0 aliphatic heterocycles. The van der Waals surface area contributed by atoms with Crippen LogP contribution in [0.2, 0.25) is 0 Å². The fourth-order valence-corrected chi connectivity index (χ4v) is 4.14. The summed E-state index contributed by atoms with van der Waals surface area (Å²) in [6.07, 6.45) is 8.48. The smallest absolute Gasteiger partial charge is 0.262 e. The normalized spacial score (nSPS) is 16.6. The Morgan fingerprint density at radius 2 is 2.00 bits per heavy atom. The summed E-state index contributed by atoms with van der Waals surface area (Å²) >= 11 is 1.31. The summed E-state index contributed by atoms with van der Waals surface area (Å²) in [6.45, 7) is 1.84. The lowest BCUT2D eigenvalue weighted by Crippen LogP contribution is -2.34. The summed E-state index contributed by atoms with van der Waals surface area (Å²) in [5.74, 6) is -0.0607. The highest BCUT2D eigenvalue weighted by Gasteiger charge is 2.21. The molecule has 2 heterocycles. The molecule has 1 saturated carbocycles. The van der Waals surface area contributed by atoms with E-state index in [4.69, 9.17) is 0 Å². The molecule has 0 spiro atoms. The summed E-state index contributed by atoms with van der Waals surface area (Å²) in [5.41, 5.74) is 0.659.